The van der Waals surface area contributed by atoms with Gasteiger partial charge in [-0.2, -0.15) is 4.98 Å². The van der Waals surface area contributed by atoms with Crippen molar-refractivity contribution in [2.45, 2.75) is 20.0 Å². The SMILES string of the molecule is CCc1nc2cc(-c3noc(COc4cccc(Cl)c4)n3)ccc2o1. The van der Waals surface area contributed by atoms with Crippen LogP contribution in [0.15, 0.2) is 51.4 Å². The maximum absolute atomic E-state index is 5.93. The van der Waals surface area contributed by atoms with Gasteiger partial charge in [0, 0.05) is 17.0 Å². The minimum atomic E-state index is 0.166. The second-order valence-corrected chi connectivity index (χ2v) is 5.84. The molecule has 2 aromatic heterocycles. The number of rotatable bonds is 5. The van der Waals surface area contributed by atoms with Gasteiger partial charge in [-0.05, 0) is 36.4 Å². The molecule has 2 aromatic carbocycles. The van der Waals surface area contributed by atoms with Gasteiger partial charge in [0.15, 0.2) is 18.1 Å². The van der Waals surface area contributed by atoms with Crippen molar-refractivity contribution in [2.75, 3.05) is 0 Å². The molecule has 0 fully saturated rings. The highest BCUT2D eigenvalue weighted by Crippen LogP contribution is 2.24. The molecule has 0 saturated heterocycles. The van der Waals surface area contributed by atoms with Crippen molar-refractivity contribution in [3.05, 3.63) is 59.3 Å². The Morgan fingerprint density at radius 3 is 2.84 bits per heavy atom. The first-order valence-electron chi connectivity index (χ1n) is 7.82. The van der Waals surface area contributed by atoms with Gasteiger partial charge >= 0.3 is 0 Å². The molecule has 0 N–H and O–H groups in total. The number of benzene rings is 2. The first kappa shape index (κ1) is 15.7. The van der Waals surface area contributed by atoms with E-state index >= 15 is 0 Å². The lowest BCUT2D eigenvalue weighted by Crippen LogP contribution is -1.95. The van der Waals surface area contributed by atoms with Crippen LogP contribution in [-0.4, -0.2) is 15.1 Å². The summed E-state index contributed by atoms with van der Waals surface area (Å²) in [6, 6.07) is 12.7. The number of aromatic nitrogens is 3. The van der Waals surface area contributed by atoms with Crippen LogP contribution in [0.25, 0.3) is 22.5 Å². The molecule has 0 aliphatic carbocycles. The van der Waals surface area contributed by atoms with Crippen LogP contribution in [0.5, 0.6) is 5.75 Å². The molecule has 25 heavy (non-hydrogen) atoms. The normalized spacial score (nSPS) is 11.1. The van der Waals surface area contributed by atoms with E-state index in [1.807, 2.05) is 37.3 Å². The van der Waals surface area contributed by atoms with E-state index in [4.69, 9.17) is 25.3 Å². The van der Waals surface area contributed by atoms with Gasteiger partial charge in [-0.1, -0.05) is 29.7 Å². The van der Waals surface area contributed by atoms with Crippen LogP contribution in [0.1, 0.15) is 18.7 Å². The number of hydrogen-bond donors (Lipinski definition) is 0. The summed E-state index contributed by atoms with van der Waals surface area (Å²) in [5, 5.41) is 4.61. The smallest absolute Gasteiger partial charge is 0.264 e. The highest BCUT2D eigenvalue weighted by atomic mass is 35.5. The average molecular weight is 356 g/mol. The molecule has 6 nitrogen and oxygen atoms in total. The Bertz CT molecular complexity index is 1030. The van der Waals surface area contributed by atoms with Gasteiger partial charge in [-0.25, -0.2) is 4.98 Å². The number of oxazole rings is 1. The minimum absolute atomic E-state index is 0.166. The third-order valence-corrected chi connectivity index (χ3v) is 3.85. The van der Waals surface area contributed by atoms with Gasteiger partial charge < -0.3 is 13.7 Å². The van der Waals surface area contributed by atoms with E-state index in [-0.39, 0.29) is 6.61 Å². The molecule has 0 aliphatic heterocycles. The van der Waals surface area contributed by atoms with Gasteiger partial charge in [0.25, 0.3) is 5.89 Å². The van der Waals surface area contributed by atoms with E-state index in [9.17, 15) is 0 Å². The molecule has 0 spiro atoms. The van der Waals surface area contributed by atoms with Crippen molar-refractivity contribution in [3.63, 3.8) is 0 Å². The molecule has 0 amide bonds. The quantitative estimate of drug-likeness (QED) is 0.517. The summed E-state index contributed by atoms with van der Waals surface area (Å²) < 4.78 is 16.5. The molecule has 7 heteroatoms. The first-order chi connectivity index (χ1) is 12.2. The zero-order valence-corrected chi connectivity index (χ0v) is 14.2. The predicted molar refractivity (Wildman–Crippen MR) is 92.5 cm³/mol. The molecule has 0 aliphatic rings. The van der Waals surface area contributed by atoms with E-state index in [1.165, 1.54) is 0 Å². The summed E-state index contributed by atoms with van der Waals surface area (Å²) in [7, 11) is 0. The number of aryl methyl sites for hydroxylation is 1. The van der Waals surface area contributed by atoms with Crippen LogP contribution < -0.4 is 4.74 Å². The van der Waals surface area contributed by atoms with Crippen molar-refractivity contribution in [2.24, 2.45) is 0 Å². The van der Waals surface area contributed by atoms with Crippen molar-refractivity contribution >= 4 is 22.7 Å². The van der Waals surface area contributed by atoms with Crippen LogP contribution in [0, 0.1) is 0 Å². The second-order valence-electron chi connectivity index (χ2n) is 5.40. The Labute approximate surface area is 148 Å². The topological polar surface area (TPSA) is 74.2 Å². The summed E-state index contributed by atoms with van der Waals surface area (Å²) in [6.45, 7) is 2.16. The Morgan fingerprint density at radius 2 is 2.00 bits per heavy atom. The second kappa shape index (κ2) is 6.57. The molecule has 0 bridgehead atoms. The van der Waals surface area contributed by atoms with E-state index in [1.54, 1.807) is 12.1 Å². The standard InChI is InChI=1S/C18H14ClN3O3/c1-2-16-20-14-8-11(6-7-15(14)24-16)18-21-17(25-22-18)10-23-13-5-3-4-12(19)9-13/h3-9H,2,10H2,1H3. The monoisotopic (exact) mass is 355 g/mol. The third kappa shape index (κ3) is 3.34. The van der Waals surface area contributed by atoms with Crippen molar-refractivity contribution in [1.29, 1.82) is 0 Å². The maximum Gasteiger partial charge on any atom is 0.264 e. The highest BCUT2D eigenvalue weighted by Gasteiger charge is 2.12. The number of nitrogens with zero attached hydrogens (tertiary/aromatic N) is 3. The summed E-state index contributed by atoms with van der Waals surface area (Å²) in [5.41, 5.74) is 2.32. The fraction of sp³-hybridized carbons (Fsp3) is 0.167. The number of fused-ring (bicyclic) bond motifs is 1. The maximum atomic E-state index is 5.93. The van der Waals surface area contributed by atoms with Crippen molar-refractivity contribution in [3.8, 4) is 17.1 Å². The summed E-state index contributed by atoms with van der Waals surface area (Å²) in [5.74, 6) is 2.20. The Hall–Kier alpha value is -2.86. The van der Waals surface area contributed by atoms with E-state index in [0.717, 1.165) is 23.1 Å². The number of ether oxygens (including phenoxy) is 1. The van der Waals surface area contributed by atoms with E-state index in [2.05, 4.69) is 15.1 Å². The molecule has 126 valence electrons. The first-order valence-corrected chi connectivity index (χ1v) is 8.20. The zero-order chi connectivity index (χ0) is 17.2. The molecular weight excluding hydrogens is 342 g/mol. The largest absolute Gasteiger partial charge is 0.484 e. The molecular formula is C18H14ClN3O3. The van der Waals surface area contributed by atoms with Gasteiger partial charge in [-0.15, -0.1) is 0 Å². The molecule has 0 atom stereocenters. The van der Waals surface area contributed by atoms with Crippen molar-refractivity contribution in [1.82, 2.24) is 15.1 Å². The molecule has 0 unspecified atom stereocenters. The van der Waals surface area contributed by atoms with Crippen LogP contribution in [0.4, 0.5) is 0 Å². The number of hydrogen-bond acceptors (Lipinski definition) is 6. The van der Waals surface area contributed by atoms with E-state index < -0.39 is 0 Å². The Morgan fingerprint density at radius 1 is 1.08 bits per heavy atom. The Balaban J connectivity index is 1.52. The van der Waals surface area contributed by atoms with Crippen molar-refractivity contribution < 1.29 is 13.7 Å². The molecule has 4 rings (SSSR count). The minimum Gasteiger partial charge on any atom is -0.484 e. The lowest BCUT2D eigenvalue weighted by Gasteiger charge is -2.02. The van der Waals surface area contributed by atoms with Gasteiger partial charge in [0.1, 0.15) is 11.3 Å². The van der Waals surface area contributed by atoms with Gasteiger partial charge in [0.2, 0.25) is 5.82 Å². The number of halogens is 1. The third-order valence-electron chi connectivity index (χ3n) is 3.62. The van der Waals surface area contributed by atoms with E-state index in [0.29, 0.717) is 28.4 Å². The lowest BCUT2D eigenvalue weighted by molar-refractivity contribution is 0.243. The fourth-order valence-electron chi connectivity index (χ4n) is 2.40. The molecule has 2 heterocycles. The summed E-state index contributed by atoms with van der Waals surface area (Å²) >= 11 is 5.93. The van der Waals surface area contributed by atoms with Gasteiger partial charge in [0.05, 0.1) is 0 Å². The average Bonchev–Trinajstić information content (AvgIpc) is 3.26. The lowest BCUT2D eigenvalue weighted by atomic mass is 10.2. The van der Waals surface area contributed by atoms with Gasteiger partial charge in [-0.3, -0.25) is 0 Å². The van der Waals surface area contributed by atoms with Crippen LogP contribution in [-0.2, 0) is 13.0 Å². The fourth-order valence-corrected chi connectivity index (χ4v) is 2.58. The van der Waals surface area contributed by atoms with Crippen LogP contribution in [0.3, 0.4) is 0 Å². The summed E-state index contributed by atoms with van der Waals surface area (Å²) in [6.07, 6.45) is 0.747. The summed E-state index contributed by atoms with van der Waals surface area (Å²) in [4.78, 5) is 8.78. The Kier molecular flexibility index (Phi) is 4.11. The highest BCUT2D eigenvalue weighted by molar-refractivity contribution is 6.30. The molecule has 0 radical (unpaired) electrons. The van der Waals surface area contributed by atoms with Crippen LogP contribution >= 0.6 is 11.6 Å². The zero-order valence-electron chi connectivity index (χ0n) is 13.4. The molecule has 0 saturated carbocycles. The van der Waals surface area contributed by atoms with Crippen LogP contribution in [0.2, 0.25) is 5.02 Å². The predicted octanol–water partition coefficient (Wildman–Crippen LogP) is 4.67. The molecule has 4 aromatic rings.